The summed E-state index contributed by atoms with van der Waals surface area (Å²) in [4.78, 5) is 0. The number of ether oxygens (including phenoxy) is 2. The van der Waals surface area contributed by atoms with Gasteiger partial charge in [0, 0.05) is 13.0 Å². The van der Waals surface area contributed by atoms with Crippen molar-refractivity contribution in [2.75, 3.05) is 19.8 Å². The average Bonchev–Trinajstić information content (AvgIpc) is 3.72. The summed E-state index contributed by atoms with van der Waals surface area (Å²) in [7, 11) is 0. The molecule has 0 spiro atoms. The molecule has 1 aliphatic heterocycles. The van der Waals surface area contributed by atoms with Gasteiger partial charge in [0.15, 0.2) is 0 Å². The van der Waals surface area contributed by atoms with Crippen LogP contribution in [0.15, 0.2) is 0 Å². The molecule has 1 aliphatic rings. The van der Waals surface area contributed by atoms with E-state index in [9.17, 15) is 110 Å². The van der Waals surface area contributed by atoms with Crippen LogP contribution >= 0.6 is 0 Å². The summed E-state index contributed by atoms with van der Waals surface area (Å²) in [5.41, 5.74) is 0. The van der Waals surface area contributed by atoms with E-state index in [1.807, 2.05) is 0 Å². The molecule has 0 aromatic heterocycles. The molecule has 1 atom stereocenters. The first-order valence-corrected chi connectivity index (χ1v) is 12.2. The van der Waals surface area contributed by atoms with Crippen molar-refractivity contribution < 1.29 is 119 Å². The van der Waals surface area contributed by atoms with E-state index < -0.39 is 90.6 Å². The zero-order valence-electron chi connectivity index (χ0n) is 22.5. The van der Waals surface area contributed by atoms with Gasteiger partial charge >= 0.3 is 71.3 Å². The molecule has 0 aliphatic carbocycles. The number of alkyl halides is 25. The molecule has 0 amide bonds. The van der Waals surface area contributed by atoms with Gasteiger partial charge in [-0.05, 0) is 12.8 Å². The number of unbranched alkanes of at least 4 members (excludes halogenated alkanes) is 3. The third-order valence-corrected chi connectivity index (χ3v) is 6.60. The normalized spacial score (nSPS) is 18.8. The van der Waals surface area contributed by atoms with E-state index >= 15 is 0 Å². The first kappa shape index (κ1) is 44.2. The van der Waals surface area contributed by atoms with E-state index in [1.165, 1.54) is 0 Å². The Balaban J connectivity index is 3.42. The van der Waals surface area contributed by atoms with Crippen LogP contribution in [-0.4, -0.2) is 97.2 Å². The van der Waals surface area contributed by atoms with Crippen LogP contribution < -0.4 is 0 Å². The minimum Gasteiger partial charge on any atom is -0.379 e. The van der Waals surface area contributed by atoms with Gasteiger partial charge in [0.05, 0.1) is 13.2 Å². The third-order valence-electron chi connectivity index (χ3n) is 6.60. The van der Waals surface area contributed by atoms with Gasteiger partial charge in [0.1, 0.15) is 6.10 Å². The Morgan fingerprint density at radius 3 is 1.00 bits per heavy atom. The van der Waals surface area contributed by atoms with E-state index in [2.05, 4.69) is 0 Å². The molecule has 0 aromatic carbocycles. The number of rotatable bonds is 19. The fourth-order valence-corrected chi connectivity index (χ4v) is 3.43. The molecule has 48 heavy (non-hydrogen) atoms. The van der Waals surface area contributed by atoms with Crippen molar-refractivity contribution in [2.45, 2.75) is 110 Å². The summed E-state index contributed by atoms with van der Waals surface area (Å²) in [5.74, 6) is -97.8. The molecule has 0 radical (unpaired) electrons. The lowest BCUT2D eigenvalue weighted by molar-refractivity contribution is -0.482. The smallest absolute Gasteiger partial charge is 0.379 e. The van der Waals surface area contributed by atoms with Gasteiger partial charge in [-0.25, -0.2) is 0 Å². The van der Waals surface area contributed by atoms with E-state index in [-0.39, 0.29) is 32.2 Å². The minimum absolute atomic E-state index is 0.0537. The molecular formula is C21H17F25O2. The summed E-state index contributed by atoms with van der Waals surface area (Å²) >= 11 is 0. The maximum absolute atomic E-state index is 13.9. The standard InChI is InChI=1S/C21H17F25O2/c22-10(23,5-3-1-2-4-6-47-7-9-8-48-9)11(24,25)12(26,27)13(28,29)14(30,31)15(32,33)16(34,35)17(36,37)18(38,39)19(40,41)20(42,43)21(44,45)46/h9H,1-8H2. The predicted molar refractivity (Wildman–Crippen MR) is 104 cm³/mol. The maximum Gasteiger partial charge on any atom is 0.460 e. The van der Waals surface area contributed by atoms with Crippen LogP contribution in [0, 0.1) is 0 Å². The van der Waals surface area contributed by atoms with E-state index in [0.29, 0.717) is 6.61 Å². The molecule has 288 valence electrons. The van der Waals surface area contributed by atoms with Gasteiger partial charge in [-0.1, -0.05) is 12.8 Å². The third kappa shape index (κ3) is 6.54. The van der Waals surface area contributed by atoms with Crippen molar-refractivity contribution in [1.29, 1.82) is 0 Å². The molecule has 1 heterocycles. The Hall–Kier alpha value is -1.83. The van der Waals surface area contributed by atoms with Crippen LogP contribution in [0.5, 0.6) is 0 Å². The minimum atomic E-state index is -9.58. The summed E-state index contributed by atoms with van der Waals surface area (Å²) in [6.07, 6.45) is -13.5. The van der Waals surface area contributed by atoms with Crippen LogP contribution in [-0.2, 0) is 9.47 Å². The second-order valence-electron chi connectivity index (χ2n) is 10.1. The van der Waals surface area contributed by atoms with Gasteiger partial charge in [-0.2, -0.15) is 110 Å². The van der Waals surface area contributed by atoms with Gasteiger partial charge in [0.2, 0.25) is 0 Å². The van der Waals surface area contributed by atoms with Crippen LogP contribution in [0.3, 0.4) is 0 Å². The highest BCUT2D eigenvalue weighted by Crippen LogP contribution is 2.67. The Labute approximate surface area is 249 Å². The van der Waals surface area contributed by atoms with Crippen molar-refractivity contribution in [3.63, 3.8) is 0 Å². The Morgan fingerprint density at radius 2 is 0.688 bits per heavy atom. The summed E-state index contributed by atoms with van der Waals surface area (Å²) < 4.78 is 346. The van der Waals surface area contributed by atoms with Crippen LogP contribution in [0.1, 0.15) is 32.1 Å². The fourth-order valence-electron chi connectivity index (χ4n) is 3.43. The molecule has 1 rings (SSSR count). The summed E-state index contributed by atoms with van der Waals surface area (Å²) in [6.45, 7) is 0.273. The fraction of sp³-hybridized carbons (Fsp3) is 1.00. The lowest BCUT2D eigenvalue weighted by atomic mass is 9.84. The molecule has 1 saturated heterocycles. The SMILES string of the molecule is FC(F)(F)C(F)(F)C(F)(F)C(F)(F)C(F)(F)C(F)(F)C(F)(F)C(F)(F)C(F)(F)C(F)(F)C(F)(F)C(F)(F)CCCCCCOCC1CO1. The van der Waals surface area contributed by atoms with Gasteiger partial charge in [-0.3, -0.25) is 0 Å². The first-order chi connectivity index (χ1) is 20.8. The molecule has 2 nitrogen and oxygen atoms in total. The summed E-state index contributed by atoms with van der Waals surface area (Å²) in [5, 5.41) is 0. The largest absolute Gasteiger partial charge is 0.460 e. The summed E-state index contributed by atoms with van der Waals surface area (Å²) in [6, 6.07) is 0. The second-order valence-corrected chi connectivity index (χ2v) is 10.1. The molecule has 0 N–H and O–H groups in total. The average molecular weight is 776 g/mol. The molecule has 0 saturated carbocycles. The monoisotopic (exact) mass is 776 g/mol. The van der Waals surface area contributed by atoms with Crippen LogP contribution in [0.25, 0.3) is 0 Å². The topological polar surface area (TPSA) is 21.8 Å². The second kappa shape index (κ2) is 12.7. The zero-order chi connectivity index (χ0) is 38.6. The molecule has 0 bridgehead atoms. The Kier molecular flexibility index (Phi) is 11.7. The van der Waals surface area contributed by atoms with Gasteiger partial charge < -0.3 is 9.47 Å². The zero-order valence-corrected chi connectivity index (χ0v) is 22.5. The Morgan fingerprint density at radius 1 is 0.396 bits per heavy atom. The first-order valence-electron chi connectivity index (χ1n) is 12.2. The maximum atomic E-state index is 13.9. The number of hydrogen-bond acceptors (Lipinski definition) is 2. The molecular weight excluding hydrogens is 759 g/mol. The van der Waals surface area contributed by atoms with E-state index in [0.717, 1.165) is 0 Å². The van der Waals surface area contributed by atoms with E-state index in [1.54, 1.807) is 0 Å². The molecule has 27 heteroatoms. The highest BCUT2D eigenvalue weighted by atomic mass is 19.4. The van der Waals surface area contributed by atoms with Crippen LogP contribution in [0.2, 0.25) is 0 Å². The van der Waals surface area contributed by atoms with Crippen molar-refractivity contribution in [2.24, 2.45) is 0 Å². The molecule has 1 unspecified atom stereocenters. The van der Waals surface area contributed by atoms with Crippen molar-refractivity contribution in [1.82, 2.24) is 0 Å². The van der Waals surface area contributed by atoms with Crippen molar-refractivity contribution >= 4 is 0 Å². The number of epoxide rings is 1. The highest BCUT2D eigenvalue weighted by molar-refractivity contribution is 5.19. The predicted octanol–water partition coefficient (Wildman–Crippen LogP) is 9.90. The van der Waals surface area contributed by atoms with Crippen molar-refractivity contribution in [3.05, 3.63) is 0 Å². The van der Waals surface area contributed by atoms with Gasteiger partial charge in [0.25, 0.3) is 0 Å². The number of hydrogen-bond donors (Lipinski definition) is 0. The Bertz CT molecular complexity index is 1090. The highest BCUT2D eigenvalue weighted by Gasteiger charge is 2.99. The quantitative estimate of drug-likeness (QED) is 0.0741. The lowest BCUT2D eigenvalue weighted by Gasteiger charge is -2.45. The van der Waals surface area contributed by atoms with Crippen LogP contribution in [0.4, 0.5) is 110 Å². The molecule has 1 fully saturated rings. The van der Waals surface area contributed by atoms with Gasteiger partial charge in [-0.15, -0.1) is 0 Å². The van der Waals surface area contributed by atoms with Crippen molar-refractivity contribution in [3.8, 4) is 0 Å². The number of halogens is 25. The molecule has 0 aromatic rings. The lowest BCUT2D eigenvalue weighted by Crippen LogP contribution is -2.78. The van der Waals surface area contributed by atoms with E-state index in [4.69, 9.17) is 9.47 Å².